The Kier molecular flexibility index (Phi) is 5.19. The van der Waals surface area contributed by atoms with E-state index in [0.717, 1.165) is 11.1 Å². The molecule has 1 saturated heterocycles. The number of hydrogen-bond donors (Lipinski definition) is 1. The van der Waals surface area contributed by atoms with E-state index in [1.165, 1.54) is 0 Å². The fourth-order valence-electron chi connectivity index (χ4n) is 2.58. The molecule has 0 bridgehead atoms. The van der Waals surface area contributed by atoms with Gasteiger partial charge in [0.05, 0.1) is 0 Å². The van der Waals surface area contributed by atoms with E-state index in [9.17, 15) is 22.8 Å². The van der Waals surface area contributed by atoms with Crippen LogP contribution in [0.2, 0.25) is 5.02 Å². The average molecular weight is 349 g/mol. The van der Waals surface area contributed by atoms with E-state index in [1.54, 1.807) is 18.2 Å². The van der Waals surface area contributed by atoms with E-state index < -0.39 is 24.0 Å². The van der Waals surface area contributed by atoms with Crippen LogP contribution in [0.1, 0.15) is 24.0 Å². The van der Waals surface area contributed by atoms with Gasteiger partial charge in [-0.2, -0.15) is 13.2 Å². The quantitative estimate of drug-likeness (QED) is 0.913. The summed E-state index contributed by atoms with van der Waals surface area (Å²) in [5.41, 5.74) is 1.68. The maximum absolute atomic E-state index is 12.5. The Morgan fingerprint density at radius 1 is 1.39 bits per heavy atom. The van der Waals surface area contributed by atoms with E-state index in [0.29, 0.717) is 16.3 Å². The smallest absolute Gasteiger partial charge is 0.350 e. The molecule has 2 rings (SSSR count). The highest BCUT2D eigenvalue weighted by atomic mass is 35.5. The molecule has 1 aliphatic heterocycles. The monoisotopic (exact) mass is 348 g/mol. The number of benzene rings is 1. The summed E-state index contributed by atoms with van der Waals surface area (Å²) in [6.45, 7) is 1.93. The van der Waals surface area contributed by atoms with Gasteiger partial charge >= 0.3 is 12.1 Å². The highest BCUT2D eigenvalue weighted by Crippen LogP contribution is 2.26. The molecule has 0 unspecified atom stereocenters. The predicted octanol–water partition coefficient (Wildman–Crippen LogP) is 2.82. The van der Waals surface area contributed by atoms with Crippen molar-refractivity contribution in [1.29, 1.82) is 0 Å². The maximum Gasteiger partial charge on any atom is 0.471 e. The fraction of sp³-hybridized carbons (Fsp3) is 0.467. The third-order valence-electron chi connectivity index (χ3n) is 3.82. The molecule has 1 aromatic rings. The van der Waals surface area contributed by atoms with Gasteiger partial charge in [-0.3, -0.25) is 9.59 Å². The SMILES string of the molecule is Cc1ccc(Cl)cc1CNC(=O)[C@H]1CCCN1C(=O)C(F)(F)F. The van der Waals surface area contributed by atoms with Crippen LogP contribution >= 0.6 is 11.6 Å². The van der Waals surface area contributed by atoms with Gasteiger partial charge in [-0.1, -0.05) is 17.7 Å². The molecular weight excluding hydrogens is 333 g/mol. The number of carbonyl (C=O) groups excluding carboxylic acids is 2. The predicted molar refractivity (Wildman–Crippen MR) is 78.8 cm³/mol. The van der Waals surface area contributed by atoms with Crippen molar-refractivity contribution >= 4 is 23.4 Å². The van der Waals surface area contributed by atoms with Crippen LogP contribution in [-0.4, -0.2) is 35.5 Å². The van der Waals surface area contributed by atoms with Gasteiger partial charge in [0.25, 0.3) is 0 Å². The number of rotatable bonds is 3. The van der Waals surface area contributed by atoms with Crippen LogP contribution in [-0.2, 0) is 16.1 Å². The van der Waals surface area contributed by atoms with Crippen LogP contribution in [0.15, 0.2) is 18.2 Å². The van der Waals surface area contributed by atoms with Crippen molar-refractivity contribution in [2.45, 2.75) is 38.5 Å². The molecule has 0 spiro atoms. The summed E-state index contributed by atoms with van der Waals surface area (Å²) in [6.07, 6.45) is -4.37. The Morgan fingerprint density at radius 2 is 2.09 bits per heavy atom. The summed E-state index contributed by atoms with van der Waals surface area (Å²) in [5.74, 6) is -2.55. The van der Waals surface area contributed by atoms with Crippen molar-refractivity contribution < 1.29 is 22.8 Å². The average Bonchev–Trinajstić information content (AvgIpc) is 2.95. The highest BCUT2D eigenvalue weighted by molar-refractivity contribution is 6.30. The van der Waals surface area contributed by atoms with E-state index in [-0.39, 0.29) is 19.5 Å². The Morgan fingerprint density at radius 3 is 2.74 bits per heavy atom. The molecule has 126 valence electrons. The molecule has 23 heavy (non-hydrogen) atoms. The molecule has 4 nitrogen and oxygen atoms in total. The van der Waals surface area contributed by atoms with Gasteiger partial charge in [-0.15, -0.1) is 0 Å². The van der Waals surface area contributed by atoms with Gasteiger partial charge in [0.2, 0.25) is 5.91 Å². The first-order valence-electron chi connectivity index (χ1n) is 7.10. The Hall–Kier alpha value is -1.76. The third kappa shape index (κ3) is 4.16. The molecule has 1 fully saturated rings. The minimum atomic E-state index is -4.97. The molecule has 1 aliphatic rings. The fourth-order valence-corrected chi connectivity index (χ4v) is 2.77. The minimum absolute atomic E-state index is 0.0629. The van der Waals surface area contributed by atoms with Gasteiger partial charge in [0.15, 0.2) is 0 Å². The minimum Gasteiger partial charge on any atom is -0.350 e. The summed E-state index contributed by atoms with van der Waals surface area (Å²) >= 11 is 5.88. The van der Waals surface area contributed by atoms with Crippen molar-refractivity contribution in [1.82, 2.24) is 10.2 Å². The molecule has 2 amide bonds. The third-order valence-corrected chi connectivity index (χ3v) is 4.06. The van der Waals surface area contributed by atoms with E-state index in [1.807, 2.05) is 6.92 Å². The first kappa shape index (κ1) is 17.6. The molecule has 1 heterocycles. The Bertz CT molecular complexity index is 619. The zero-order valence-corrected chi connectivity index (χ0v) is 13.2. The van der Waals surface area contributed by atoms with Crippen LogP contribution in [0.25, 0.3) is 0 Å². The van der Waals surface area contributed by atoms with Gasteiger partial charge in [0.1, 0.15) is 6.04 Å². The number of halogens is 4. The number of nitrogens with one attached hydrogen (secondary N) is 1. The molecule has 8 heteroatoms. The van der Waals surface area contributed by atoms with E-state index >= 15 is 0 Å². The van der Waals surface area contributed by atoms with Gasteiger partial charge in [-0.05, 0) is 43.0 Å². The number of alkyl halides is 3. The lowest BCUT2D eigenvalue weighted by Gasteiger charge is -2.24. The van der Waals surface area contributed by atoms with Gasteiger partial charge < -0.3 is 10.2 Å². The summed E-state index contributed by atoms with van der Waals surface area (Å²) < 4.78 is 37.6. The Labute approximate surface area is 136 Å². The van der Waals surface area contributed by atoms with Crippen molar-refractivity contribution in [3.63, 3.8) is 0 Å². The van der Waals surface area contributed by atoms with Crippen LogP contribution in [0.5, 0.6) is 0 Å². The lowest BCUT2D eigenvalue weighted by molar-refractivity contribution is -0.186. The van der Waals surface area contributed by atoms with Gasteiger partial charge in [0, 0.05) is 18.1 Å². The van der Waals surface area contributed by atoms with E-state index in [4.69, 9.17) is 11.6 Å². The van der Waals surface area contributed by atoms with E-state index in [2.05, 4.69) is 5.32 Å². The second-order valence-electron chi connectivity index (χ2n) is 5.44. The number of carbonyl (C=O) groups is 2. The molecule has 1 aromatic carbocycles. The highest BCUT2D eigenvalue weighted by Gasteiger charge is 2.47. The number of nitrogens with zero attached hydrogens (tertiary/aromatic N) is 1. The number of likely N-dealkylation sites (tertiary alicyclic amines) is 1. The molecule has 0 aliphatic carbocycles. The second-order valence-corrected chi connectivity index (χ2v) is 5.88. The van der Waals surface area contributed by atoms with Crippen LogP contribution in [0.3, 0.4) is 0 Å². The normalized spacial score (nSPS) is 18.1. The molecule has 0 radical (unpaired) electrons. The lowest BCUT2D eigenvalue weighted by Crippen LogP contribution is -2.50. The zero-order valence-electron chi connectivity index (χ0n) is 12.4. The molecule has 1 N–H and O–H groups in total. The van der Waals surface area contributed by atoms with Crippen LogP contribution in [0, 0.1) is 6.92 Å². The van der Waals surface area contributed by atoms with Crippen molar-refractivity contribution in [2.24, 2.45) is 0 Å². The Balaban J connectivity index is 2.02. The first-order valence-corrected chi connectivity index (χ1v) is 7.48. The first-order chi connectivity index (χ1) is 10.7. The maximum atomic E-state index is 12.5. The summed E-state index contributed by atoms with van der Waals surface area (Å²) in [5, 5.41) is 3.10. The standard InChI is InChI=1S/C15H16ClF3N2O2/c1-9-4-5-11(16)7-10(9)8-20-13(22)12-3-2-6-21(12)14(23)15(17,18)19/h4-5,7,12H,2-3,6,8H2,1H3,(H,20,22)/t12-/m1/s1. The second kappa shape index (κ2) is 6.78. The van der Waals surface area contributed by atoms with Crippen LogP contribution in [0.4, 0.5) is 13.2 Å². The molecule has 0 saturated carbocycles. The van der Waals surface area contributed by atoms with Crippen LogP contribution < -0.4 is 5.32 Å². The van der Waals surface area contributed by atoms with Crippen molar-refractivity contribution in [3.8, 4) is 0 Å². The van der Waals surface area contributed by atoms with Crippen molar-refractivity contribution in [2.75, 3.05) is 6.54 Å². The zero-order chi connectivity index (χ0) is 17.2. The number of aryl methyl sites for hydroxylation is 1. The molecule has 1 atom stereocenters. The number of amides is 2. The molecular formula is C15H16ClF3N2O2. The topological polar surface area (TPSA) is 49.4 Å². The van der Waals surface area contributed by atoms with Gasteiger partial charge in [-0.25, -0.2) is 0 Å². The number of hydrogen-bond acceptors (Lipinski definition) is 2. The molecule has 0 aromatic heterocycles. The summed E-state index contributed by atoms with van der Waals surface area (Å²) in [6, 6.07) is 4.11. The van der Waals surface area contributed by atoms with Crippen molar-refractivity contribution in [3.05, 3.63) is 34.3 Å². The summed E-state index contributed by atoms with van der Waals surface area (Å²) in [4.78, 5) is 24.1. The lowest BCUT2D eigenvalue weighted by atomic mass is 10.1. The largest absolute Gasteiger partial charge is 0.471 e. The summed E-state index contributed by atoms with van der Waals surface area (Å²) in [7, 11) is 0.